The van der Waals surface area contributed by atoms with E-state index in [0.29, 0.717) is 45.9 Å². The van der Waals surface area contributed by atoms with Crippen molar-refractivity contribution >= 4 is 22.5 Å². The van der Waals surface area contributed by atoms with Crippen LogP contribution < -0.4 is 14.2 Å². The lowest BCUT2D eigenvalue weighted by Crippen LogP contribution is -2.32. The van der Waals surface area contributed by atoms with E-state index in [1.54, 1.807) is 49.7 Å². The molecule has 1 saturated carbocycles. The average Bonchev–Trinajstić information content (AvgIpc) is 3.61. The number of carbonyl (C=O) groups is 2. The Kier molecular flexibility index (Phi) is 10.0. The molecule has 7 nitrogen and oxygen atoms in total. The molecular weight excluding hydrogens is 590 g/mol. The first-order chi connectivity index (χ1) is 22.1. The van der Waals surface area contributed by atoms with Crippen LogP contribution >= 0.6 is 0 Å². The van der Waals surface area contributed by atoms with Crippen LogP contribution in [0.1, 0.15) is 38.8 Å². The van der Waals surface area contributed by atoms with E-state index < -0.39 is 11.2 Å². The maximum absolute atomic E-state index is 15.4. The third kappa shape index (κ3) is 6.60. The van der Waals surface area contributed by atoms with Crippen LogP contribution in [-0.4, -0.2) is 54.8 Å². The van der Waals surface area contributed by atoms with Crippen molar-refractivity contribution in [3.05, 3.63) is 89.6 Å². The Morgan fingerprint density at radius 1 is 0.826 bits per heavy atom. The van der Waals surface area contributed by atoms with Crippen molar-refractivity contribution < 1.29 is 32.6 Å². The summed E-state index contributed by atoms with van der Waals surface area (Å²) in [6.45, 7) is 11.1. The highest BCUT2D eigenvalue weighted by atomic mass is 19.1. The fourth-order valence-electron chi connectivity index (χ4n) is 6.38. The minimum absolute atomic E-state index is 0.0162. The maximum Gasteiger partial charge on any atom is 0.166 e. The highest BCUT2D eigenvalue weighted by molar-refractivity contribution is 6.12. The van der Waals surface area contributed by atoms with Gasteiger partial charge in [-0.1, -0.05) is 45.9 Å². The lowest BCUT2D eigenvalue weighted by atomic mass is 9.84. The van der Waals surface area contributed by atoms with Gasteiger partial charge in [0, 0.05) is 37.0 Å². The first-order valence-electron chi connectivity index (χ1n) is 15.7. The first kappa shape index (κ1) is 33.0. The predicted octanol–water partition coefficient (Wildman–Crippen LogP) is 7.23. The standard InChI is InChI=1S/C37H40F2N2O5/c1-6-41(7-2)16-17-45-34-22-30-28(21-33(34)44-5)31(14-15-40-30)46-32-13-10-26(18-29(32)39)20-36(43)37(23(3)24(37)4)35(42)19-25-8-11-27(38)12-9-25/h8-15,18,21-24H,6-7,16-17,19-20H2,1-5H3/t23-,24+,37?. The molecule has 3 aromatic carbocycles. The van der Waals surface area contributed by atoms with E-state index in [4.69, 9.17) is 14.2 Å². The van der Waals surface area contributed by atoms with Gasteiger partial charge in [0.1, 0.15) is 18.2 Å². The summed E-state index contributed by atoms with van der Waals surface area (Å²) in [4.78, 5) is 33.7. The van der Waals surface area contributed by atoms with Gasteiger partial charge in [-0.05, 0) is 72.5 Å². The van der Waals surface area contributed by atoms with E-state index in [1.807, 2.05) is 13.8 Å². The van der Waals surface area contributed by atoms with Gasteiger partial charge in [0.05, 0.1) is 18.0 Å². The predicted molar refractivity (Wildman–Crippen MR) is 173 cm³/mol. The summed E-state index contributed by atoms with van der Waals surface area (Å²) >= 11 is 0. The highest BCUT2D eigenvalue weighted by Gasteiger charge is 2.67. The Labute approximate surface area is 268 Å². The lowest BCUT2D eigenvalue weighted by Gasteiger charge is -2.19. The molecule has 4 aromatic rings. The molecule has 0 radical (unpaired) electrons. The SMILES string of the molecule is CCN(CC)CCOc1cc2nccc(Oc3ccc(CC(=O)C4(C(=O)Cc5ccc(F)cc5)[C@H](C)[C@@H]4C)cc3F)c2cc1OC. The summed E-state index contributed by atoms with van der Waals surface area (Å²) in [5.74, 6) is -0.299. The van der Waals surface area contributed by atoms with Crippen molar-refractivity contribution in [2.75, 3.05) is 33.4 Å². The molecule has 5 rings (SSSR count). The third-order valence-electron chi connectivity index (χ3n) is 9.41. The molecule has 46 heavy (non-hydrogen) atoms. The van der Waals surface area contributed by atoms with Gasteiger partial charge in [0.2, 0.25) is 0 Å². The molecule has 0 N–H and O–H groups in total. The van der Waals surface area contributed by atoms with Gasteiger partial charge in [-0.15, -0.1) is 0 Å². The molecule has 0 saturated heterocycles. The molecule has 0 bridgehead atoms. The topological polar surface area (TPSA) is 78.0 Å². The van der Waals surface area contributed by atoms with Crippen molar-refractivity contribution in [3.8, 4) is 23.0 Å². The second-order valence-electron chi connectivity index (χ2n) is 11.8. The fraction of sp³-hybridized carbons (Fsp3) is 0.378. The van der Waals surface area contributed by atoms with Crippen LogP contribution in [-0.2, 0) is 22.4 Å². The van der Waals surface area contributed by atoms with Gasteiger partial charge in [-0.25, -0.2) is 8.78 Å². The number of rotatable bonds is 15. The van der Waals surface area contributed by atoms with Crippen molar-refractivity contribution in [1.82, 2.24) is 9.88 Å². The highest BCUT2D eigenvalue weighted by Crippen LogP contribution is 2.60. The number of halogens is 2. The second-order valence-corrected chi connectivity index (χ2v) is 11.8. The van der Waals surface area contributed by atoms with Gasteiger partial charge >= 0.3 is 0 Å². The number of ketones is 2. The monoisotopic (exact) mass is 630 g/mol. The Morgan fingerprint density at radius 3 is 2.09 bits per heavy atom. The van der Waals surface area contributed by atoms with Crippen LogP contribution in [0.25, 0.3) is 10.9 Å². The number of methoxy groups -OCH3 is 1. The number of benzene rings is 3. The zero-order chi connectivity index (χ0) is 33.0. The van der Waals surface area contributed by atoms with E-state index in [9.17, 15) is 14.0 Å². The summed E-state index contributed by atoms with van der Waals surface area (Å²) in [7, 11) is 1.55. The van der Waals surface area contributed by atoms with Gasteiger partial charge in [0.25, 0.3) is 0 Å². The smallest absolute Gasteiger partial charge is 0.166 e. The minimum atomic E-state index is -1.14. The van der Waals surface area contributed by atoms with E-state index in [0.717, 1.165) is 19.6 Å². The lowest BCUT2D eigenvalue weighted by molar-refractivity contribution is -0.135. The molecule has 9 heteroatoms. The number of likely N-dealkylation sites (N-methyl/N-ethyl adjacent to an activating group) is 1. The van der Waals surface area contributed by atoms with E-state index in [2.05, 4.69) is 23.7 Å². The zero-order valence-corrected chi connectivity index (χ0v) is 26.9. The number of hydrogen-bond donors (Lipinski definition) is 0. The number of carbonyl (C=O) groups excluding carboxylic acids is 2. The van der Waals surface area contributed by atoms with Crippen molar-refractivity contribution in [2.24, 2.45) is 17.3 Å². The van der Waals surface area contributed by atoms with E-state index >= 15 is 4.39 Å². The molecule has 1 fully saturated rings. The molecule has 1 heterocycles. The molecule has 1 aliphatic rings. The largest absolute Gasteiger partial charge is 0.493 e. The van der Waals surface area contributed by atoms with Crippen LogP contribution in [0.5, 0.6) is 23.0 Å². The minimum Gasteiger partial charge on any atom is -0.493 e. The Morgan fingerprint density at radius 2 is 1.48 bits per heavy atom. The molecular formula is C37H40F2N2O5. The second kappa shape index (κ2) is 14.0. The van der Waals surface area contributed by atoms with Crippen LogP contribution in [0.4, 0.5) is 8.78 Å². The summed E-state index contributed by atoms with van der Waals surface area (Å²) in [5, 5.41) is 0.618. The maximum atomic E-state index is 15.4. The Bertz CT molecular complexity index is 1710. The molecule has 0 spiro atoms. The molecule has 242 valence electrons. The normalized spacial score (nSPS) is 18.9. The molecule has 0 aliphatic heterocycles. The number of Topliss-reactive ketones (excluding diaryl/α,β-unsaturated/α-hetero) is 2. The summed E-state index contributed by atoms with van der Waals surface area (Å²) in [5.41, 5.74) is 0.561. The number of aromatic nitrogens is 1. The molecule has 1 unspecified atom stereocenters. The average molecular weight is 631 g/mol. The van der Waals surface area contributed by atoms with Crippen LogP contribution in [0, 0.1) is 28.9 Å². The van der Waals surface area contributed by atoms with E-state index in [-0.39, 0.29) is 47.8 Å². The number of fused-ring (bicyclic) bond motifs is 1. The molecule has 3 atom stereocenters. The summed E-state index contributed by atoms with van der Waals surface area (Å²) in [6.07, 6.45) is 1.53. The first-order valence-corrected chi connectivity index (χ1v) is 15.7. The zero-order valence-electron chi connectivity index (χ0n) is 26.9. The number of nitrogens with zero attached hydrogens (tertiary/aromatic N) is 2. The quantitative estimate of drug-likeness (QED) is 0.128. The van der Waals surface area contributed by atoms with Crippen molar-refractivity contribution in [2.45, 2.75) is 40.5 Å². The Balaban J connectivity index is 1.30. The van der Waals surface area contributed by atoms with Crippen molar-refractivity contribution in [3.63, 3.8) is 0 Å². The van der Waals surface area contributed by atoms with Gasteiger partial charge in [-0.2, -0.15) is 0 Å². The summed E-state index contributed by atoms with van der Waals surface area (Å²) in [6, 6.07) is 15.3. The van der Waals surface area contributed by atoms with Crippen LogP contribution in [0.15, 0.2) is 66.9 Å². The Hall–Kier alpha value is -4.37. The number of hydrogen-bond acceptors (Lipinski definition) is 7. The van der Waals surface area contributed by atoms with Gasteiger partial charge < -0.3 is 19.1 Å². The van der Waals surface area contributed by atoms with E-state index in [1.165, 1.54) is 24.3 Å². The number of ether oxygens (including phenoxy) is 3. The molecule has 1 aromatic heterocycles. The van der Waals surface area contributed by atoms with Gasteiger partial charge in [0.15, 0.2) is 34.6 Å². The van der Waals surface area contributed by atoms with Gasteiger partial charge in [-0.3, -0.25) is 14.6 Å². The fourth-order valence-corrected chi connectivity index (χ4v) is 6.38. The van der Waals surface area contributed by atoms with Crippen LogP contribution in [0.3, 0.4) is 0 Å². The number of pyridine rings is 1. The van der Waals surface area contributed by atoms with Crippen LogP contribution in [0.2, 0.25) is 0 Å². The molecule has 1 aliphatic carbocycles. The van der Waals surface area contributed by atoms with Crippen molar-refractivity contribution in [1.29, 1.82) is 0 Å². The molecule has 0 amide bonds. The third-order valence-corrected chi connectivity index (χ3v) is 9.41. The summed E-state index contributed by atoms with van der Waals surface area (Å²) < 4.78 is 46.4.